The van der Waals surface area contributed by atoms with Gasteiger partial charge >= 0.3 is 0 Å². The SMILES string of the molecule is CCC(=O)NC(C(=O)N1CC(c2ccccc2F)C1)c1ccccc1. The van der Waals surface area contributed by atoms with Gasteiger partial charge in [0.15, 0.2) is 0 Å². The number of hydrogen-bond donors (Lipinski definition) is 1. The molecule has 1 saturated heterocycles. The molecule has 1 aliphatic heterocycles. The molecule has 5 heteroatoms. The molecule has 0 spiro atoms. The second-order valence-electron chi connectivity index (χ2n) is 6.23. The predicted octanol–water partition coefficient (Wildman–Crippen LogP) is 3.02. The Hall–Kier alpha value is -2.69. The third-order valence-electron chi connectivity index (χ3n) is 4.54. The van der Waals surface area contributed by atoms with Crippen LogP contribution in [0.5, 0.6) is 0 Å². The van der Waals surface area contributed by atoms with Gasteiger partial charge in [-0.05, 0) is 17.2 Å². The number of rotatable bonds is 5. The van der Waals surface area contributed by atoms with Crippen molar-refractivity contribution in [2.75, 3.05) is 13.1 Å². The van der Waals surface area contributed by atoms with Crippen molar-refractivity contribution in [1.82, 2.24) is 10.2 Å². The summed E-state index contributed by atoms with van der Waals surface area (Å²) in [5.74, 6) is -0.559. The Balaban J connectivity index is 1.71. The fourth-order valence-electron chi connectivity index (χ4n) is 3.04. The van der Waals surface area contributed by atoms with E-state index in [0.717, 1.165) is 5.56 Å². The third-order valence-corrected chi connectivity index (χ3v) is 4.54. The largest absolute Gasteiger partial charge is 0.341 e. The number of nitrogens with one attached hydrogen (secondary N) is 1. The lowest BCUT2D eigenvalue weighted by Crippen LogP contribution is -2.53. The first-order valence-electron chi connectivity index (χ1n) is 8.47. The van der Waals surface area contributed by atoms with E-state index < -0.39 is 6.04 Å². The van der Waals surface area contributed by atoms with E-state index in [2.05, 4.69) is 5.32 Å². The zero-order valence-corrected chi connectivity index (χ0v) is 14.1. The van der Waals surface area contributed by atoms with Gasteiger partial charge in [-0.3, -0.25) is 9.59 Å². The van der Waals surface area contributed by atoms with E-state index in [9.17, 15) is 14.0 Å². The summed E-state index contributed by atoms with van der Waals surface area (Å²) in [4.78, 5) is 26.4. The Labute approximate surface area is 146 Å². The molecule has 1 atom stereocenters. The van der Waals surface area contributed by atoms with Crippen LogP contribution < -0.4 is 5.32 Å². The molecule has 1 heterocycles. The predicted molar refractivity (Wildman–Crippen MR) is 93.3 cm³/mol. The first kappa shape index (κ1) is 17.1. The Morgan fingerprint density at radius 3 is 2.40 bits per heavy atom. The maximum absolute atomic E-state index is 13.9. The molecule has 0 bridgehead atoms. The van der Waals surface area contributed by atoms with E-state index in [4.69, 9.17) is 0 Å². The van der Waals surface area contributed by atoms with Crippen LogP contribution in [0.3, 0.4) is 0 Å². The zero-order valence-electron chi connectivity index (χ0n) is 14.1. The first-order valence-corrected chi connectivity index (χ1v) is 8.47. The maximum atomic E-state index is 13.9. The quantitative estimate of drug-likeness (QED) is 0.910. The summed E-state index contributed by atoms with van der Waals surface area (Å²) in [6.07, 6.45) is 0.314. The lowest BCUT2D eigenvalue weighted by atomic mass is 9.90. The molecule has 130 valence electrons. The Morgan fingerprint density at radius 2 is 1.76 bits per heavy atom. The normalized spacial score (nSPS) is 15.4. The van der Waals surface area contributed by atoms with Crippen molar-refractivity contribution < 1.29 is 14.0 Å². The molecule has 1 fully saturated rings. The number of likely N-dealkylation sites (tertiary alicyclic amines) is 1. The van der Waals surface area contributed by atoms with Crippen LogP contribution in [0.15, 0.2) is 54.6 Å². The maximum Gasteiger partial charge on any atom is 0.249 e. The van der Waals surface area contributed by atoms with E-state index >= 15 is 0 Å². The summed E-state index contributed by atoms with van der Waals surface area (Å²) in [6.45, 7) is 2.68. The number of halogens is 1. The van der Waals surface area contributed by atoms with Gasteiger partial charge < -0.3 is 10.2 Å². The molecule has 4 nitrogen and oxygen atoms in total. The van der Waals surface area contributed by atoms with Crippen molar-refractivity contribution in [1.29, 1.82) is 0 Å². The molecule has 0 saturated carbocycles. The first-order chi connectivity index (χ1) is 12.1. The second-order valence-corrected chi connectivity index (χ2v) is 6.23. The Morgan fingerprint density at radius 1 is 1.12 bits per heavy atom. The van der Waals surface area contributed by atoms with Crippen molar-refractivity contribution in [3.8, 4) is 0 Å². The zero-order chi connectivity index (χ0) is 17.8. The highest BCUT2D eigenvalue weighted by Crippen LogP contribution is 2.31. The average molecular weight is 340 g/mol. The molecule has 0 aromatic heterocycles. The van der Waals surface area contributed by atoms with Crippen LogP contribution in [0.1, 0.15) is 36.4 Å². The summed E-state index contributed by atoms with van der Waals surface area (Å²) < 4.78 is 13.9. The number of hydrogen-bond acceptors (Lipinski definition) is 2. The van der Waals surface area contributed by atoms with E-state index in [-0.39, 0.29) is 23.5 Å². The van der Waals surface area contributed by atoms with Gasteiger partial charge in [0.1, 0.15) is 11.9 Å². The highest BCUT2D eigenvalue weighted by molar-refractivity contribution is 5.89. The van der Waals surface area contributed by atoms with Crippen LogP contribution in [0, 0.1) is 5.82 Å². The summed E-state index contributed by atoms with van der Waals surface area (Å²) in [6, 6.07) is 15.2. The monoisotopic (exact) mass is 340 g/mol. The van der Waals surface area contributed by atoms with Crippen molar-refractivity contribution in [3.05, 3.63) is 71.5 Å². The van der Waals surface area contributed by atoms with E-state index in [1.165, 1.54) is 6.07 Å². The summed E-state index contributed by atoms with van der Waals surface area (Å²) in [5.41, 5.74) is 1.39. The summed E-state index contributed by atoms with van der Waals surface area (Å²) in [7, 11) is 0. The van der Waals surface area contributed by atoms with E-state index in [1.54, 1.807) is 30.0 Å². The summed E-state index contributed by atoms with van der Waals surface area (Å²) >= 11 is 0. The van der Waals surface area contributed by atoms with Gasteiger partial charge in [-0.2, -0.15) is 0 Å². The number of carbonyl (C=O) groups excluding carboxylic acids is 2. The highest BCUT2D eigenvalue weighted by atomic mass is 19.1. The molecule has 2 aromatic rings. The molecular formula is C20H21FN2O2. The van der Waals surface area contributed by atoms with Gasteiger partial charge in [-0.15, -0.1) is 0 Å². The third kappa shape index (κ3) is 3.71. The van der Waals surface area contributed by atoms with Gasteiger partial charge in [-0.25, -0.2) is 4.39 Å². The van der Waals surface area contributed by atoms with Crippen LogP contribution in [0.25, 0.3) is 0 Å². The van der Waals surface area contributed by atoms with Gasteiger partial charge in [-0.1, -0.05) is 55.5 Å². The van der Waals surface area contributed by atoms with Crippen molar-refractivity contribution in [3.63, 3.8) is 0 Å². The van der Waals surface area contributed by atoms with E-state index in [0.29, 0.717) is 25.1 Å². The average Bonchev–Trinajstić information content (AvgIpc) is 2.60. The minimum absolute atomic E-state index is 0.00319. The van der Waals surface area contributed by atoms with Gasteiger partial charge in [0.25, 0.3) is 0 Å². The molecule has 2 aromatic carbocycles. The van der Waals surface area contributed by atoms with Crippen molar-refractivity contribution in [2.24, 2.45) is 0 Å². The lowest BCUT2D eigenvalue weighted by Gasteiger charge is -2.41. The van der Waals surface area contributed by atoms with Crippen LogP contribution in [-0.4, -0.2) is 29.8 Å². The molecule has 3 rings (SSSR count). The second kappa shape index (κ2) is 7.47. The molecule has 1 unspecified atom stereocenters. The number of amides is 2. The molecule has 1 N–H and O–H groups in total. The van der Waals surface area contributed by atoms with Gasteiger partial charge in [0.2, 0.25) is 11.8 Å². The molecule has 1 aliphatic rings. The fourth-order valence-corrected chi connectivity index (χ4v) is 3.04. The highest BCUT2D eigenvalue weighted by Gasteiger charge is 2.37. The van der Waals surface area contributed by atoms with Crippen LogP contribution >= 0.6 is 0 Å². The van der Waals surface area contributed by atoms with Crippen LogP contribution in [0.2, 0.25) is 0 Å². The van der Waals surface area contributed by atoms with E-state index in [1.807, 2.05) is 30.3 Å². The van der Waals surface area contributed by atoms with Crippen LogP contribution in [-0.2, 0) is 9.59 Å². The number of carbonyl (C=O) groups is 2. The Kier molecular flexibility index (Phi) is 5.12. The molecule has 2 amide bonds. The van der Waals surface area contributed by atoms with Crippen molar-refractivity contribution >= 4 is 11.8 Å². The minimum atomic E-state index is -0.699. The molecule has 25 heavy (non-hydrogen) atoms. The number of benzene rings is 2. The molecule has 0 radical (unpaired) electrons. The van der Waals surface area contributed by atoms with Gasteiger partial charge in [0.05, 0.1) is 0 Å². The summed E-state index contributed by atoms with van der Waals surface area (Å²) in [5, 5.41) is 2.79. The fraction of sp³-hybridized carbons (Fsp3) is 0.300. The standard InChI is InChI=1S/C20H21FN2O2/c1-2-18(24)22-19(14-8-4-3-5-9-14)20(25)23-12-15(13-23)16-10-6-7-11-17(16)21/h3-11,15,19H,2,12-13H2,1H3,(H,22,24). The molecular weight excluding hydrogens is 319 g/mol. The smallest absolute Gasteiger partial charge is 0.249 e. The van der Waals surface area contributed by atoms with Crippen molar-refractivity contribution in [2.45, 2.75) is 25.3 Å². The number of nitrogens with zero attached hydrogens (tertiary/aromatic N) is 1. The minimum Gasteiger partial charge on any atom is -0.341 e. The molecule has 0 aliphatic carbocycles. The Bertz CT molecular complexity index is 757. The van der Waals surface area contributed by atoms with Crippen LogP contribution in [0.4, 0.5) is 4.39 Å². The van der Waals surface area contributed by atoms with Gasteiger partial charge in [0, 0.05) is 25.4 Å². The lowest BCUT2D eigenvalue weighted by molar-refractivity contribution is -0.140. The topological polar surface area (TPSA) is 49.4 Å².